The molecule has 0 saturated heterocycles. The molecule has 2 N–H and O–H groups in total. The van der Waals surface area contributed by atoms with Gasteiger partial charge in [-0.05, 0) is 36.8 Å². The van der Waals surface area contributed by atoms with E-state index in [1.54, 1.807) is 11.8 Å². The number of nitrogens with two attached hydrogens (primary N) is 1. The summed E-state index contributed by atoms with van der Waals surface area (Å²) >= 11 is 0. The summed E-state index contributed by atoms with van der Waals surface area (Å²) in [6.07, 6.45) is 4.46. The van der Waals surface area contributed by atoms with Crippen molar-refractivity contribution >= 4 is 17.5 Å². The van der Waals surface area contributed by atoms with E-state index in [1.807, 2.05) is 24.3 Å². The Morgan fingerprint density at radius 3 is 2.58 bits per heavy atom. The van der Waals surface area contributed by atoms with Crippen molar-refractivity contribution in [2.24, 2.45) is 11.7 Å². The number of carbonyl (C=O) groups excluding carboxylic acids is 2. The summed E-state index contributed by atoms with van der Waals surface area (Å²) in [6.45, 7) is 2.11. The second kappa shape index (κ2) is 11.2. The molecular weight excluding hydrogens is 431 g/mol. The van der Waals surface area contributed by atoms with E-state index in [2.05, 4.69) is 0 Å². The molecule has 182 valence electrons. The zero-order valence-corrected chi connectivity index (χ0v) is 19.2. The largest absolute Gasteiger partial charge is 0.471 e. The summed E-state index contributed by atoms with van der Waals surface area (Å²) in [5.41, 5.74) is 7.87. The molecule has 3 rings (SSSR count). The Bertz CT molecular complexity index is 850. The number of alkyl halides is 3. The van der Waals surface area contributed by atoms with Crippen LogP contribution >= 0.6 is 0 Å². The van der Waals surface area contributed by atoms with Crippen LogP contribution in [-0.4, -0.2) is 48.1 Å². The predicted octanol–water partition coefficient (Wildman–Crippen LogP) is 4.60. The zero-order valence-electron chi connectivity index (χ0n) is 19.2. The Morgan fingerprint density at radius 2 is 1.91 bits per heavy atom. The molecule has 33 heavy (non-hydrogen) atoms. The van der Waals surface area contributed by atoms with Gasteiger partial charge in [0.05, 0.1) is 6.04 Å². The molecule has 1 aromatic rings. The van der Waals surface area contributed by atoms with Crippen LogP contribution in [0.1, 0.15) is 57.4 Å². The van der Waals surface area contributed by atoms with Gasteiger partial charge in [0.2, 0.25) is 0 Å². The molecule has 2 amide bonds. The minimum absolute atomic E-state index is 0.197. The fourth-order valence-corrected chi connectivity index (χ4v) is 4.84. The third-order valence-corrected chi connectivity index (χ3v) is 6.77. The van der Waals surface area contributed by atoms with Crippen molar-refractivity contribution in [2.45, 2.75) is 76.6 Å². The summed E-state index contributed by atoms with van der Waals surface area (Å²) in [4.78, 5) is 27.8. The van der Waals surface area contributed by atoms with Crippen LogP contribution in [0.3, 0.4) is 0 Å². The van der Waals surface area contributed by atoms with Crippen molar-refractivity contribution in [1.82, 2.24) is 4.90 Å². The van der Waals surface area contributed by atoms with Gasteiger partial charge >= 0.3 is 12.1 Å². The molecule has 1 fully saturated rings. The van der Waals surface area contributed by atoms with Crippen molar-refractivity contribution in [3.8, 4) is 0 Å². The summed E-state index contributed by atoms with van der Waals surface area (Å²) in [6, 6.07) is 6.21. The number of hydrogen-bond acceptors (Lipinski definition) is 3. The molecule has 0 unspecified atom stereocenters. The van der Waals surface area contributed by atoms with Crippen LogP contribution in [0.5, 0.6) is 0 Å². The third kappa shape index (κ3) is 6.59. The first-order valence-electron chi connectivity index (χ1n) is 11.9. The lowest BCUT2D eigenvalue weighted by Crippen LogP contribution is -2.51. The first-order chi connectivity index (χ1) is 15.7. The molecule has 1 aliphatic heterocycles. The quantitative estimate of drug-likeness (QED) is 0.571. The number of hydrogen-bond donors (Lipinski definition) is 1. The van der Waals surface area contributed by atoms with E-state index in [9.17, 15) is 22.8 Å². The lowest BCUT2D eigenvalue weighted by Gasteiger charge is -2.35. The van der Waals surface area contributed by atoms with E-state index >= 15 is 0 Å². The molecule has 1 saturated carbocycles. The Kier molecular flexibility index (Phi) is 8.57. The summed E-state index contributed by atoms with van der Waals surface area (Å²) in [5, 5.41) is 0. The SMILES string of the molecule is CC[C@H](N)CN(C(=O)C(F)(F)F)[C@H](/C=C/C(=O)N1CCc2ccccc21)CC1CCCCC1. The number of fused-ring (bicyclic) bond motifs is 1. The normalized spacial score (nSPS) is 18.9. The summed E-state index contributed by atoms with van der Waals surface area (Å²) < 4.78 is 40.4. The van der Waals surface area contributed by atoms with Crippen LogP contribution in [0.4, 0.5) is 18.9 Å². The maximum absolute atomic E-state index is 13.5. The van der Waals surface area contributed by atoms with E-state index in [4.69, 9.17) is 5.73 Å². The van der Waals surface area contributed by atoms with Crippen LogP contribution in [0, 0.1) is 5.92 Å². The molecule has 5 nitrogen and oxygen atoms in total. The molecular formula is C25H34F3N3O2. The first-order valence-corrected chi connectivity index (χ1v) is 11.9. The number of carbonyl (C=O) groups is 2. The van der Waals surface area contributed by atoms with Crippen LogP contribution in [-0.2, 0) is 16.0 Å². The second-order valence-electron chi connectivity index (χ2n) is 9.16. The highest BCUT2D eigenvalue weighted by atomic mass is 19.4. The maximum atomic E-state index is 13.5. The monoisotopic (exact) mass is 465 g/mol. The van der Waals surface area contributed by atoms with E-state index in [0.717, 1.165) is 54.7 Å². The van der Waals surface area contributed by atoms with Crippen LogP contribution < -0.4 is 10.6 Å². The minimum Gasteiger partial charge on any atom is -0.327 e. The number of benzene rings is 1. The Labute approximate surface area is 193 Å². The molecule has 0 aromatic heterocycles. The maximum Gasteiger partial charge on any atom is 0.471 e. The third-order valence-electron chi connectivity index (χ3n) is 6.77. The highest BCUT2D eigenvalue weighted by molar-refractivity contribution is 6.03. The fraction of sp³-hybridized carbons (Fsp3) is 0.600. The van der Waals surface area contributed by atoms with E-state index in [-0.39, 0.29) is 18.4 Å². The number of amides is 2. The smallest absolute Gasteiger partial charge is 0.327 e. The topological polar surface area (TPSA) is 66.6 Å². The minimum atomic E-state index is -5.00. The van der Waals surface area contributed by atoms with Gasteiger partial charge < -0.3 is 15.5 Å². The van der Waals surface area contributed by atoms with Gasteiger partial charge in [-0.25, -0.2) is 0 Å². The van der Waals surface area contributed by atoms with Gasteiger partial charge in [0.1, 0.15) is 0 Å². The standard InChI is InChI=1S/C25H34F3N3O2/c1-2-20(29)17-31(24(33)25(26,27)28)21(16-18-8-4-3-5-9-18)12-13-23(32)30-15-14-19-10-6-7-11-22(19)30/h6-7,10-13,18,20-21H,2-5,8-9,14-17,29H2,1H3/b13-12+/t20-,21+/m0/s1. The Balaban J connectivity index is 1.85. The van der Waals surface area contributed by atoms with E-state index in [0.29, 0.717) is 19.4 Å². The first kappa shape index (κ1) is 25.3. The van der Waals surface area contributed by atoms with Gasteiger partial charge in [0.25, 0.3) is 5.91 Å². The number of anilines is 1. The number of halogens is 3. The Hall–Kier alpha value is -2.35. The van der Waals surface area contributed by atoms with E-state index < -0.39 is 24.2 Å². The Morgan fingerprint density at radius 1 is 1.21 bits per heavy atom. The number of rotatable bonds is 8. The average molecular weight is 466 g/mol. The lowest BCUT2D eigenvalue weighted by atomic mass is 9.84. The van der Waals surface area contributed by atoms with Gasteiger partial charge in [-0.15, -0.1) is 0 Å². The van der Waals surface area contributed by atoms with Crippen LogP contribution in [0.25, 0.3) is 0 Å². The molecule has 1 aliphatic carbocycles. The molecule has 1 heterocycles. The van der Waals surface area contributed by atoms with Crippen LogP contribution in [0.15, 0.2) is 36.4 Å². The number of para-hydroxylation sites is 1. The van der Waals surface area contributed by atoms with Gasteiger partial charge in [-0.1, -0.05) is 63.3 Å². The van der Waals surface area contributed by atoms with Crippen molar-refractivity contribution < 1.29 is 22.8 Å². The average Bonchev–Trinajstić information content (AvgIpc) is 3.24. The lowest BCUT2D eigenvalue weighted by molar-refractivity contribution is -0.187. The van der Waals surface area contributed by atoms with Crippen molar-refractivity contribution in [3.63, 3.8) is 0 Å². The molecule has 2 atom stereocenters. The molecule has 0 bridgehead atoms. The molecule has 1 aromatic carbocycles. The van der Waals surface area contributed by atoms with Gasteiger partial charge in [0.15, 0.2) is 0 Å². The second-order valence-corrected chi connectivity index (χ2v) is 9.16. The molecule has 0 radical (unpaired) electrons. The fourth-order valence-electron chi connectivity index (χ4n) is 4.84. The molecule has 8 heteroatoms. The van der Waals surface area contributed by atoms with Gasteiger partial charge in [0, 0.05) is 30.9 Å². The van der Waals surface area contributed by atoms with Gasteiger partial charge in [-0.3, -0.25) is 9.59 Å². The zero-order chi connectivity index (χ0) is 24.0. The summed E-state index contributed by atoms with van der Waals surface area (Å²) in [7, 11) is 0. The van der Waals surface area contributed by atoms with Gasteiger partial charge in [-0.2, -0.15) is 13.2 Å². The van der Waals surface area contributed by atoms with Crippen molar-refractivity contribution in [2.75, 3.05) is 18.0 Å². The molecule has 0 spiro atoms. The predicted molar refractivity (Wildman–Crippen MR) is 123 cm³/mol. The number of nitrogens with zero attached hydrogens (tertiary/aromatic N) is 2. The van der Waals surface area contributed by atoms with E-state index in [1.165, 1.54) is 12.2 Å². The van der Waals surface area contributed by atoms with Crippen LogP contribution in [0.2, 0.25) is 0 Å². The van der Waals surface area contributed by atoms with Crippen molar-refractivity contribution in [3.05, 3.63) is 42.0 Å². The highest BCUT2D eigenvalue weighted by Gasteiger charge is 2.45. The van der Waals surface area contributed by atoms with Crippen molar-refractivity contribution in [1.29, 1.82) is 0 Å². The summed E-state index contributed by atoms with van der Waals surface area (Å²) in [5.74, 6) is -1.96. The molecule has 2 aliphatic rings. The highest BCUT2D eigenvalue weighted by Crippen LogP contribution is 2.31.